The highest BCUT2D eigenvalue weighted by molar-refractivity contribution is 6.00. The highest BCUT2D eigenvalue weighted by Crippen LogP contribution is 2.28. The molecule has 7 heteroatoms. The minimum absolute atomic E-state index is 0.0279. The second kappa shape index (κ2) is 6.66. The van der Waals surface area contributed by atoms with Crippen LogP contribution in [0.25, 0.3) is 0 Å². The van der Waals surface area contributed by atoms with E-state index in [1.165, 1.54) is 0 Å². The average Bonchev–Trinajstić information content (AvgIpc) is 3.32. The number of anilines is 1. The van der Waals surface area contributed by atoms with Crippen molar-refractivity contribution in [2.75, 3.05) is 24.5 Å². The van der Waals surface area contributed by atoms with E-state index in [2.05, 4.69) is 10.2 Å². The van der Waals surface area contributed by atoms with Crippen LogP contribution in [0, 0.1) is 5.92 Å². The lowest BCUT2D eigenvalue weighted by Gasteiger charge is -2.33. The van der Waals surface area contributed by atoms with Gasteiger partial charge < -0.3 is 9.80 Å². The molecule has 130 valence electrons. The summed E-state index contributed by atoms with van der Waals surface area (Å²) in [6, 6.07) is 9.81. The molecule has 0 aliphatic carbocycles. The van der Waals surface area contributed by atoms with Gasteiger partial charge in [0.15, 0.2) is 0 Å². The summed E-state index contributed by atoms with van der Waals surface area (Å²) in [5.74, 6) is -0.120. The van der Waals surface area contributed by atoms with Gasteiger partial charge in [0.05, 0.1) is 24.4 Å². The maximum atomic E-state index is 12.8. The maximum absolute atomic E-state index is 12.8. The molecule has 1 aromatic heterocycles. The minimum atomic E-state index is -0.243. The number of likely N-dealkylation sites (tertiary alicyclic amines) is 1. The molecular formula is C18H21N5O2. The smallest absolute Gasteiger partial charge is 0.228 e. The lowest BCUT2D eigenvalue weighted by atomic mass is 10.0. The third-order valence-corrected chi connectivity index (χ3v) is 5.08. The zero-order chi connectivity index (χ0) is 17.2. The molecule has 0 bridgehead atoms. The summed E-state index contributed by atoms with van der Waals surface area (Å²) in [4.78, 5) is 30.5. The first-order valence-electron chi connectivity index (χ1n) is 8.72. The normalized spacial score (nSPS) is 21.8. The molecule has 3 heterocycles. The Labute approximate surface area is 146 Å². The maximum Gasteiger partial charge on any atom is 0.228 e. The standard InChI is InChI=1S/C18H21N5O2/c24-17-12-14(13-22(17)15-4-2-1-3-5-15)18(25)21-10-6-16(7-11-21)23-19-8-9-20-23/h1-5,8-9,14,16H,6-7,10-13H2. The summed E-state index contributed by atoms with van der Waals surface area (Å²) in [6.07, 6.45) is 5.36. The number of amides is 2. The predicted molar refractivity (Wildman–Crippen MR) is 91.8 cm³/mol. The molecule has 2 fully saturated rings. The minimum Gasteiger partial charge on any atom is -0.342 e. The van der Waals surface area contributed by atoms with Gasteiger partial charge in [-0.05, 0) is 25.0 Å². The molecule has 0 saturated carbocycles. The Morgan fingerprint density at radius 3 is 2.40 bits per heavy atom. The van der Waals surface area contributed by atoms with Crippen molar-refractivity contribution >= 4 is 17.5 Å². The molecule has 25 heavy (non-hydrogen) atoms. The Morgan fingerprint density at radius 1 is 1.04 bits per heavy atom. The summed E-state index contributed by atoms with van der Waals surface area (Å²) < 4.78 is 0. The molecule has 2 saturated heterocycles. The van der Waals surface area contributed by atoms with E-state index in [4.69, 9.17) is 0 Å². The zero-order valence-electron chi connectivity index (χ0n) is 14.0. The monoisotopic (exact) mass is 339 g/mol. The van der Waals surface area contributed by atoms with Gasteiger partial charge in [0.1, 0.15) is 0 Å². The van der Waals surface area contributed by atoms with Gasteiger partial charge in [-0.25, -0.2) is 0 Å². The zero-order valence-corrected chi connectivity index (χ0v) is 14.0. The largest absolute Gasteiger partial charge is 0.342 e. The molecule has 1 unspecified atom stereocenters. The molecule has 1 atom stereocenters. The fraction of sp³-hybridized carbons (Fsp3) is 0.444. The van der Waals surface area contributed by atoms with Crippen LogP contribution < -0.4 is 4.90 Å². The molecule has 2 aliphatic rings. The average molecular weight is 339 g/mol. The van der Waals surface area contributed by atoms with E-state index in [-0.39, 0.29) is 23.8 Å². The molecule has 2 aliphatic heterocycles. The van der Waals surface area contributed by atoms with E-state index in [1.807, 2.05) is 35.2 Å². The van der Waals surface area contributed by atoms with Crippen molar-refractivity contribution < 1.29 is 9.59 Å². The third-order valence-electron chi connectivity index (χ3n) is 5.08. The van der Waals surface area contributed by atoms with E-state index in [0.29, 0.717) is 26.1 Å². The number of carbonyl (C=O) groups is 2. The Kier molecular flexibility index (Phi) is 4.21. The van der Waals surface area contributed by atoms with Crippen LogP contribution in [0.1, 0.15) is 25.3 Å². The lowest BCUT2D eigenvalue weighted by Crippen LogP contribution is -2.43. The third kappa shape index (κ3) is 3.14. The van der Waals surface area contributed by atoms with E-state index < -0.39 is 0 Å². The van der Waals surface area contributed by atoms with Crippen molar-refractivity contribution in [1.29, 1.82) is 0 Å². The fourth-order valence-electron chi connectivity index (χ4n) is 3.72. The number of hydrogen-bond donors (Lipinski definition) is 0. The number of carbonyl (C=O) groups excluding carboxylic acids is 2. The van der Waals surface area contributed by atoms with Crippen molar-refractivity contribution in [3.8, 4) is 0 Å². The van der Waals surface area contributed by atoms with Gasteiger partial charge in [0, 0.05) is 31.7 Å². The van der Waals surface area contributed by atoms with Gasteiger partial charge in [-0.2, -0.15) is 15.0 Å². The number of rotatable bonds is 3. The quantitative estimate of drug-likeness (QED) is 0.849. The highest BCUT2D eigenvalue weighted by Gasteiger charge is 2.38. The molecule has 0 spiro atoms. The number of aromatic nitrogens is 3. The molecule has 7 nitrogen and oxygen atoms in total. The first-order valence-corrected chi connectivity index (χ1v) is 8.72. The number of benzene rings is 1. The van der Waals surface area contributed by atoms with Crippen molar-refractivity contribution in [2.45, 2.75) is 25.3 Å². The second-order valence-electron chi connectivity index (χ2n) is 6.65. The predicted octanol–water partition coefficient (Wildman–Crippen LogP) is 1.49. The number of nitrogens with zero attached hydrogens (tertiary/aromatic N) is 5. The van der Waals surface area contributed by atoms with Crippen LogP contribution in [0.5, 0.6) is 0 Å². The van der Waals surface area contributed by atoms with Gasteiger partial charge in [-0.15, -0.1) is 0 Å². The van der Waals surface area contributed by atoms with Gasteiger partial charge in [-0.1, -0.05) is 18.2 Å². The van der Waals surface area contributed by atoms with E-state index in [1.54, 1.807) is 22.1 Å². The van der Waals surface area contributed by atoms with Crippen LogP contribution in [0.15, 0.2) is 42.7 Å². The van der Waals surface area contributed by atoms with Crippen LogP contribution in [0.2, 0.25) is 0 Å². The van der Waals surface area contributed by atoms with Gasteiger partial charge in [0.25, 0.3) is 0 Å². The molecule has 0 N–H and O–H groups in total. The van der Waals surface area contributed by atoms with Crippen molar-refractivity contribution in [2.24, 2.45) is 5.92 Å². The summed E-state index contributed by atoms with van der Waals surface area (Å²) >= 11 is 0. The first kappa shape index (κ1) is 15.8. The second-order valence-corrected chi connectivity index (χ2v) is 6.65. The van der Waals surface area contributed by atoms with Crippen molar-refractivity contribution in [3.05, 3.63) is 42.7 Å². The van der Waals surface area contributed by atoms with Crippen LogP contribution in [-0.4, -0.2) is 51.3 Å². The van der Waals surface area contributed by atoms with Gasteiger partial charge in [-0.3, -0.25) is 9.59 Å². The first-order chi connectivity index (χ1) is 12.2. The number of para-hydroxylation sites is 1. The van der Waals surface area contributed by atoms with Crippen LogP contribution in [-0.2, 0) is 9.59 Å². The molecule has 2 amide bonds. The Bertz CT molecular complexity index is 738. The fourth-order valence-corrected chi connectivity index (χ4v) is 3.72. The van der Waals surface area contributed by atoms with E-state index >= 15 is 0 Å². The Hall–Kier alpha value is -2.70. The van der Waals surface area contributed by atoms with Crippen molar-refractivity contribution in [1.82, 2.24) is 19.9 Å². The Balaban J connectivity index is 1.37. The van der Waals surface area contributed by atoms with Gasteiger partial charge in [0.2, 0.25) is 11.8 Å². The summed E-state index contributed by atoms with van der Waals surface area (Å²) in [7, 11) is 0. The SMILES string of the molecule is O=C(C1CC(=O)N(c2ccccc2)C1)N1CCC(n2nccn2)CC1. The molecule has 2 aromatic rings. The Morgan fingerprint density at radius 2 is 1.72 bits per heavy atom. The van der Waals surface area contributed by atoms with Crippen molar-refractivity contribution in [3.63, 3.8) is 0 Å². The van der Waals surface area contributed by atoms with Crippen LogP contribution in [0.3, 0.4) is 0 Å². The van der Waals surface area contributed by atoms with E-state index in [0.717, 1.165) is 18.5 Å². The number of piperidine rings is 1. The summed E-state index contributed by atoms with van der Waals surface area (Å²) in [5, 5.41) is 8.38. The molecule has 4 rings (SSSR count). The van der Waals surface area contributed by atoms with E-state index in [9.17, 15) is 9.59 Å². The number of hydrogen-bond acceptors (Lipinski definition) is 4. The topological polar surface area (TPSA) is 71.3 Å². The summed E-state index contributed by atoms with van der Waals surface area (Å²) in [5.41, 5.74) is 0.867. The van der Waals surface area contributed by atoms with Crippen LogP contribution >= 0.6 is 0 Å². The van der Waals surface area contributed by atoms with Gasteiger partial charge >= 0.3 is 0 Å². The molecule has 1 aromatic carbocycles. The molecular weight excluding hydrogens is 318 g/mol. The lowest BCUT2D eigenvalue weighted by molar-refractivity contribution is -0.137. The summed E-state index contributed by atoms with van der Waals surface area (Å²) in [6.45, 7) is 1.87. The van der Waals surface area contributed by atoms with Crippen LogP contribution in [0.4, 0.5) is 5.69 Å². The molecule has 0 radical (unpaired) electrons. The highest BCUT2D eigenvalue weighted by atomic mass is 16.2.